The van der Waals surface area contributed by atoms with Crippen LogP contribution in [0, 0.1) is 11.6 Å². The molecule has 0 aliphatic rings. The number of amides is 2. The molecule has 2 amide bonds. The average Bonchev–Trinajstić information content (AvgIpc) is 2.61. The Bertz CT molecular complexity index is 829. The third kappa shape index (κ3) is 6.15. The molecule has 150 valence electrons. The van der Waals surface area contributed by atoms with Crippen molar-refractivity contribution in [2.45, 2.75) is 52.2 Å². The van der Waals surface area contributed by atoms with E-state index in [9.17, 15) is 18.4 Å². The highest BCUT2D eigenvalue weighted by Gasteiger charge is 2.28. The van der Waals surface area contributed by atoms with E-state index in [1.54, 1.807) is 25.1 Å². The summed E-state index contributed by atoms with van der Waals surface area (Å²) in [6.07, 6.45) is -0.0120. The van der Waals surface area contributed by atoms with Crippen LogP contribution >= 0.6 is 0 Å². The topological polar surface area (TPSA) is 49.4 Å². The molecule has 0 aromatic heterocycles. The fraction of sp³-hybridized carbons (Fsp3) is 0.364. The molecule has 2 aromatic rings. The molecular weight excluding hydrogens is 362 g/mol. The van der Waals surface area contributed by atoms with E-state index in [0.717, 1.165) is 0 Å². The molecule has 1 N–H and O–H groups in total. The SMILES string of the molecule is C[C@H](C(=O)NC(C)(C)C)N(Cc1ccccc1F)C(=O)Cc1ccc(F)cc1. The number of benzene rings is 2. The van der Waals surface area contributed by atoms with Crippen molar-refractivity contribution in [3.8, 4) is 0 Å². The minimum atomic E-state index is -0.799. The molecule has 0 saturated carbocycles. The molecule has 0 heterocycles. The summed E-state index contributed by atoms with van der Waals surface area (Å²) in [5, 5.41) is 2.85. The summed E-state index contributed by atoms with van der Waals surface area (Å²) in [6, 6.07) is 11.0. The van der Waals surface area contributed by atoms with Crippen LogP contribution in [0.4, 0.5) is 8.78 Å². The van der Waals surface area contributed by atoms with Gasteiger partial charge in [0.25, 0.3) is 0 Å². The molecule has 28 heavy (non-hydrogen) atoms. The third-order valence-corrected chi connectivity index (χ3v) is 4.23. The lowest BCUT2D eigenvalue weighted by atomic mass is 10.1. The lowest BCUT2D eigenvalue weighted by Gasteiger charge is -2.31. The number of hydrogen-bond acceptors (Lipinski definition) is 2. The molecule has 1 atom stereocenters. The lowest BCUT2D eigenvalue weighted by Crippen LogP contribution is -2.52. The number of carbonyl (C=O) groups excluding carboxylic acids is 2. The van der Waals surface area contributed by atoms with Crippen LogP contribution in [-0.4, -0.2) is 28.3 Å². The highest BCUT2D eigenvalue weighted by atomic mass is 19.1. The second-order valence-corrected chi connectivity index (χ2v) is 7.83. The number of nitrogens with zero attached hydrogens (tertiary/aromatic N) is 1. The van der Waals surface area contributed by atoms with E-state index >= 15 is 0 Å². The third-order valence-electron chi connectivity index (χ3n) is 4.23. The highest BCUT2D eigenvalue weighted by molar-refractivity contribution is 5.88. The van der Waals surface area contributed by atoms with E-state index in [-0.39, 0.29) is 24.8 Å². The maximum Gasteiger partial charge on any atom is 0.242 e. The number of hydrogen-bond donors (Lipinski definition) is 1. The van der Waals surface area contributed by atoms with Crippen LogP contribution < -0.4 is 5.32 Å². The summed E-state index contributed by atoms with van der Waals surface area (Å²) in [4.78, 5) is 26.9. The first kappa shape index (κ1) is 21.5. The molecule has 0 saturated heterocycles. The van der Waals surface area contributed by atoms with Gasteiger partial charge in [0.1, 0.15) is 17.7 Å². The summed E-state index contributed by atoms with van der Waals surface area (Å²) in [5.41, 5.74) is 0.480. The Hall–Kier alpha value is -2.76. The van der Waals surface area contributed by atoms with Crippen molar-refractivity contribution >= 4 is 11.8 Å². The summed E-state index contributed by atoms with van der Waals surface area (Å²) in [5.74, 6) is -1.49. The van der Waals surface area contributed by atoms with Crippen molar-refractivity contribution in [3.63, 3.8) is 0 Å². The lowest BCUT2D eigenvalue weighted by molar-refractivity contribution is -0.140. The van der Waals surface area contributed by atoms with Gasteiger partial charge in [-0.25, -0.2) is 8.78 Å². The Labute approximate surface area is 164 Å². The Kier molecular flexibility index (Phi) is 6.89. The van der Waals surface area contributed by atoms with Gasteiger partial charge < -0.3 is 10.2 Å². The molecule has 6 heteroatoms. The molecular formula is C22H26F2N2O2. The summed E-state index contributed by atoms with van der Waals surface area (Å²) < 4.78 is 27.3. The quantitative estimate of drug-likeness (QED) is 0.817. The van der Waals surface area contributed by atoms with Crippen molar-refractivity contribution in [1.82, 2.24) is 10.2 Å². The van der Waals surface area contributed by atoms with Crippen LogP contribution in [0.2, 0.25) is 0 Å². The minimum Gasteiger partial charge on any atom is -0.350 e. The van der Waals surface area contributed by atoms with Gasteiger partial charge >= 0.3 is 0 Å². The Morgan fingerprint density at radius 1 is 1.04 bits per heavy atom. The molecule has 0 unspecified atom stereocenters. The number of rotatable bonds is 6. The fourth-order valence-corrected chi connectivity index (χ4v) is 2.75. The van der Waals surface area contributed by atoms with Gasteiger partial charge in [0.2, 0.25) is 11.8 Å². The van der Waals surface area contributed by atoms with Crippen molar-refractivity contribution in [2.24, 2.45) is 0 Å². The molecule has 2 aromatic carbocycles. The standard InChI is InChI=1S/C22H26F2N2O2/c1-15(21(28)25-22(2,3)4)26(14-17-7-5-6-8-19(17)24)20(27)13-16-9-11-18(23)12-10-16/h5-12,15H,13-14H2,1-4H3,(H,25,28)/t15-/m1/s1. The molecule has 0 bridgehead atoms. The average molecular weight is 388 g/mol. The Morgan fingerprint density at radius 2 is 1.64 bits per heavy atom. The van der Waals surface area contributed by atoms with Crippen molar-refractivity contribution in [3.05, 3.63) is 71.3 Å². The van der Waals surface area contributed by atoms with E-state index < -0.39 is 23.2 Å². The fourth-order valence-electron chi connectivity index (χ4n) is 2.75. The van der Waals surface area contributed by atoms with E-state index in [1.807, 2.05) is 20.8 Å². The maximum absolute atomic E-state index is 14.1. The molecule has 4 nitrogen and oxygen atoms in total. The van der Waals surface area contributed by atoms with E-state index in [0.29, 0.717) is 11.1 Å². The molecule has 0 fully saturated rings. The van der Waals surface area contributed by atoms with E-state index in [1.165, 1.54) is 35.2 Å². The molecule has 0 aliphatic heterocycles. The zero-order chi connectivity index (χ0) is 20.9. The van der Waals surface area contributed by atoms with Gasteiger partial charge in [-0.2, -0.15) is 0 Å². The monoisotopic (exact) mass is 388 g/mol. The van der Waals surface area contributed by atoms with Gasteiger partial charge in [0.05, 0.1) is 6.42 Å². The van der Waals surface area contributed by atoms with E-state index in [2.05, 4.69) is 5.32 Å². The second-order valence-electron chi connectivity index (χ2n) is 7.83. The van der Waals surface area contributed by atoms with Crippen LogP contribution in [0.15, 0.2) is 48.5 Å². The number of nitrogens with one attached hydrogen (secondary N) is 1. The maximum atomic E-state index is 14.1. The largest absolute Gasteiger partial charge is 0.350 e. The number of halogens is 2. The van der Waals surface area contributed by atoms with Crippen LogP contribution in [-0.2, 0) is 22.6 Å². The van der Waals surface area contributed by atoms with Crippen LogP contribution in [0.25, 0.3) is 0 Å². The van der Waals surface area contributed by atoms with Crippen LogP contribution in [0.3, 0.4) is 0 Å². The second kappa shape index (κ2) is 8.95. The zero-order valence-corrected chi connectivity index (χ0v) is 16.6. The molecule has 0 spiro atoms. The van der Waals surface area contributed by atoms with Gasteiger partial charge in [-0.05, 0) is 51.5 Å². The Morgan fingerprint density at radius 3 is 2.21 bits per heavy atom. The first-order valence-electron chi connectivity index (χ1n) is 9.16. The molecule has 0 radical (unpaired) electrons. The van der Waals surface area contributed by atoms with E-state index in [4.69, 9.17) is 0 Å². The van der Waals surface area contributed by atoms with Crippen molar-refractivity contribution < 1.29 is 18.4 Å². The first-order valence-corrected chi connectivity index (χ1v) is 9.16. The van der Waals surface area contributed by atoms with Crippen LogP contribution in [0.1, 0.15) is 38.8 Å². The van der Waals surface area contributed by atoms with Crippen LogP contribution in [0.5, 0.6) is 0 Å². The predicted molar refractivity (Wildman–Crippen MR) is 104 cm³/mol. The smallest absolute Gasteiger partial charge is 0.242 e. The van der Waals surface area contributed by atoms with Crippen molar-refractivity contribution in [1.29, 1.82) is 0 Å². The number of carbonyl (C=O) groups is 2. The summed E-state index contributed by atoms with van der Waals surface area (Å²) in [7, 11) is 0. The molecule has 0 aliphatic carbocycles. The highest BCUT2D eigenvalue weighted by Crippen LogP contribution is 2.16. The zero-order valence-electron chi connectivity index (χ0n) is 16.6. The van der Waals surface area contributed by atoms with Crippen molar-refractivity contribution in [2.75, 3.05) is 0 Å². The minimum absolute atomic E-state index is 0.0120. The van der Waals surface area contributed by atoms with Gasteiger partial charge in [0, 0.05) is 17.6 Å². The van der Waals surface area contributed by atoms with Gasteiger partial charge in [0.15, 0.2) is 0 Å². The van der Waals surface area contributed by atoms with Gasteiger partial charge in [-0.1, -0.05) is 30.3 Å². The summed E-state index contributed by atoms with van der Waals surface area (Å²) >= 11 is 0. The Balaban J connectivity index is 2.26. The predicted octanol–water partition coefficient (Wildman–Crippen LogP) is 3.84. The first-order chi connectivity index (χ1) is 13.1. The molecule has 2 rings (SSSR count). The van der Waals surface area contributed by atoms with Gasteiger partial charge in [-0.3, -0.25) is 9.59 Å². The normalized spacial score (nSPS) is 12.4. The summed E-state index contributed by atoms with van der Waals surface area (Å²) in [6.45, 7) is 7.12. The van der Waals surface area contributed by atoms with Gasteiger partial charge in [-0.15, -0.1) is 0 Å².